The fourth-order valence-electron chi connectivity index (χ4n) is 1.80. The van der Waals surface area contributed by atoms with Crippen LogP contribution in [0.25, 0.3) is 0 Å². The molecule has 1 N–H and O–H groups in total. The summed E-state index contributed by atoms with van der Waals surface area (Å²) in [6.45, 7) is 1.69. The summed E-state index contributed by atoms with van der Waals surface area (Å²) in [4.78, 5) is 39.6. The summed E-state index contributed by atoms with van der Waals surface area (Å²) in [5, 5.41) is 13.1. The van der Waals surface area contributed by atoms with Gasteiger partial charge in [0.15, 0.2) is 0 Å². The number of hydrogen-bond donors (Lipinski definition) is 1. The molecule has 120 valence electrons. The minimum atomic E-state index is -0.558. The molecule has 0 fully saturated rings. The number of rotatable bonds is 5. The average Bonchev–Trinajstić information content (AvgIpc) is 2.96. The van der Waals surface area contributed by atoms with Gasteiger partial charge in [-0.25, -0.2) is 4.98 Å². The first-order chi connectivity index (χ1) is 10.9. The predicted octanol–water partition coefficient (Wildman–Crippen LogP) is 2.07. The first kappa shape index (κ1) is 16.6. The molecule has 0 atom stereocenters. The molecule has 0 aromatic carbocycles. The number of nitro groups is 1. The van der Waals surface area contributed by atoms with Crippen molar-refractivity contribution in [2.75, 3.05) is 18.9 Å². The number of aryl methyl sites for hydroxylation is 1. The molecule has 0 radical (unpaired) electrons. The normalized spacial score (nSPS) is 10.2. The molecule has 0 spiro atoms. The molecule has 0 aliphatic rings. The Balaban J connectivity index is 1.97. The van der Waals surface area contributed by atoms with Crippen molar-refractivity contribution in [3.05, 3.63) is 51.0 Å². The Bertz CT molecular complexity index is 759. The van der Waals surface area contributed by atoms with Crippen LogP contribution in [0.2, 0.25) is 0 Å². The molecule has 0 aliphatic heterocycles. The van der Waals surface area contributed by atoms with Crippen LogP contribution in [0.15, 0.2) is 30.5 Å². The van der Waals surface area contributed by atoms with Crippen LogP contribution in [-0.4, -0.2) is 40.2 Å². The van der Waals surface area contributed by atoms with E-state index in [1.807, 2.05) is 6.92 Å². The van der Waals surface area contributed by atoms with Gasteiger partial charge < -0.3 is 10.2 Å². The summed E-state index contributed by atoms with van der Waals surface area (Å²) >= 11 is 0.776. The number of pyridine rings is 1. The third kappa shape index (κ3) is 4.33. The molecule has 2 heterocycles. The molecule has 8 nitrogen and oxygen atoms in total. The third-order valence-corrected chi connectivity index (χ3v) is 3.92. The van der Waals surface area contributed by atoms with Crippen molar-refractivity contribution in [1.29, 1.82) is 0 Å². The van der Waals surface area contributed by atoms with E-state index in [-0.39, 0.29) is 16.4 Å². The van der Waals surface area contributed by atoms with Gasteiger partial charge in [-0.15, -0.1) is 0 Å². The van der Waals surface area contributed by atoms with Gasteiger partial charge in [0.2, 0.25) is 5.91 Å². The number of hydrogen-bond acceptors (Lipinski definition) is 6. The SMILES string of the molecule is Cc1ccnc(NC(=O)CN(C)C(=O)c2ccc([N+](=O)[O-])s2)c1. The third-order valence-electron chi connectivity index (χ3n) is 2.89. The average molecular weight is 334 g/mol. The summed E-state index contributed by atoms with van der Waals surface area (Å²) in [6, 6.07) is 6.15. The minimum Gasteiger partial charge on any atom is -0.332 e. The Morgan fingerprint density at radius 1 is 1.39 bits per heavy atom. The van der Waals surface area contributed by atoms with Crippen LogP contribution >= 0.6 is 11.3 Å². The Kier molecular flexibility index (Phi) is 5.02. The van der Waals surface area contributed by atoms with Crippen molar-refractivity contribution in [1.82, 2.24) is 9.88 Å². The second-order valence-corrected chi connectivity index (χ2v) is 5.89. The van der Waals surface area contributed by atoms with E-state index >= 15 is 0 Å². The lowest BCUT2D eigenvalue weighted by Gasteiger charge is -2.15. The van der Waals surface area contributed by atoms with Gasteiger partial charge in [0, 0.05) is 19.3 Å². The maximum atomic E-state index is 12.1. The second kappa shape index (κ2) is 6.97. The highest BCUT2D eigenvalue weighted by Gasteiger charge is 2.20. The van der Waals surface area contributed by atoms with E-state index in [4.69, 9.17) is 0 Å². The molecule has 2 aromatic heterocycles. The number of nitrogens with zero attached hydrogens (tertiary/aromatic N) is 3. The van der Waals surface area contributed by atoms with E-state index in [9.17, 15) is 19.7 Å². The van der Waals surface area contributed by atoms with Crippen molar-refractivity contribution >= 4 is 34.0 Å². The number of carbonyl (C=O) groups is 2. The van der Waals surface area contributed by atoms with Crippen molar-refractivity contribution in [3.8, 4) is 0 Å². The van der Waals surface area contributed by atoms with E-state index in [0.29, 0.717) is 5.82 Å². The van der Waals surface area contributed by atoms with E-state index in [1.165, 1.54) is 24.1 Å². The van der Waals surface area contributed by atoms with Crippen LogP contribution in [0, 0.1) is 17.0 Å². The molecule has 0 aliphatic carbocycles. The minimum absolute atomic E-state index is 0.116. The lowest BCUT2D eigenvalue weighted by Crippen LogP contribution is -2.34. The Morgan fingerprint density at radius 3 is 2.74 bits per heavy atom. The first-order valence-electron chi connectivity index (χ1n) is 6.59. The molecule has 0 unspecified atom stereocenters. The number of anilines is 1. The zero-order valence-corrected chi connectivity index (χ0v) is 13.3. The van der Waals surface area contributed by atoms with E-state index in [2.05, 4.69) is 10.3 Å². The highest BCUT2D eigenvalue weighted by Crippen LogP contribution is 2.24. The van der Waals surface area contributed by atoms with Gasteiger partial charge >= 0.3 is 5.00 Å². The fraction of sp³-hybridized carbons (Fsp3) is 0.214. The zero-order chi connectivity index (χ0) is 17.0. The van der Waals surface area contributed by atoms with Crippen LogP contribution in [0.3, 0.4) is 0 Å². The standard InChI is InChI=1S/C14H14N4O4S/c1-9-5-6-15-11(7-9)16-12(19)8-17(2)14(20)10-3-4-13(23-10)18(21)22/h3-7H,8H2,1-2H3,(H,15,16,19). The molecule has 2 aromatic rings. The highest BCUT2D eigenvalue weighted by molar-refractivity contribution is 7.17. The molecule has 2 amide bonds. The molecule has 2 rings (SSSR count). The number of aromatic nitrogens is 1. The smallest absolute Gasteiger partial charge is 0.324 e. The summed E-state index contributed by atoms with van der Waals surface area (Å²) in [5.41, 5.74) is 0.950. The lowest BCUT2D eigenvalue weighted by molar-refractivity contribution is -0.380. The van der Waals surface area contributed by atoms with Crippen LogP contribution < -0.4 is 5.32 Å². The van der Waals surface area contributed by atoms with Gasteiger partial charge in [0.1, 0.15) is 5.82 Å². The van der Waals surface area contributed by atoms with E-state index < -0.39 is 16.7 Å². The maximum Gasteiger partial charge on any atom is 0.324 e. The van der Waals surface area contributed by atoms with Gasteiger partial charge in [-0.05, 0) is 30.7 Å². The van der Waals surface area contributed by atoms with Crippen molar-refractivity contribution in [3.63, 3.8) is 0 Å². The molecule has 9 heteroatoms. The predicted molar refractivity (Wildman–Crippen MR) is 85.5 cm³/mol. The molecule has 23 heavy (non-hydrogen) atoms. The maximum absolute atomic E-state index is 12.1. The quantitative estimate of drug-likeness (QED) is 0.665. The monoisotopic (exact) mass is 334 g/mol. The van der Waals surface area contributed by atoms with E-state index in [0.717, 1.165) is 16.9 Å². The summed E-state index contributed by atoms with van der Waals surface area (Å²) in [7, 11) is 1.46. The van der Waals surface area contributed by atoms with Crippen molar-refractivity contribution < 1.29 is 14.5 Å². The topological polar surface area (TPSA) is 105 Å². The number of nitrogens with one attached hydrogen (secondary N) is 1. The zero-order valence-electron chi connectivity index (χ0n) is 12.5. The Hall–Kier alpha value is -2.81. The van der Waals surface area contributed by atoms with Crippen LogP contribution in [0.1, 0.15) is 15.2 Å². The second-order valence-electron chi connectivity index (χ2n) is 4.82. The largest absolute Gasteiger partial charge is 0.332 e. The molecular formula is C14H14N4O4S. The van der Waals surface area contributed by atoms with Gasteiger partial charge in [-0.2, -0.15) is 0 Å². The van der Waals surface area contributed by atoms with Gasteiger partial charge in [-0.1, -0.05) is 11.3 Å². The Labute approximate surface area is 135 Å². The van der Waals surface area contributed by atoms with Gasteiger partial charge in [0.05, 0.1) is 16.3 Å². The summed E-state index contributed by atoms with van der Waals surface area (Å²) in [5.74, 6) is -0.442. The van der Waals surface area contributed by atoms with Crippen LogP contribution in [0.5, 0.6) is 0 Å². The van der Waals surface area contributed by atoms with Crippen LogP contribution in [0.4, 0.5) is 10.8 Å². The first-order valence-corrected chi connectivity index (χ1v) is 7.40. The lowest BCUT2D eigenvalue weighted by atomic mass is 10.3. The molecular weight excluding hydrogens is 320 g/mol. The van der Waals surface area contributed by atoms with E-state index in [1.54, 1.807) is 18.3 Å². The summed E-state index contributed by atoms with van der Waals surface area (Å²) in [6.07, 6.45) is 1.57. The molecule has 0 saturated heterocycles. The summed E-state index contributed by atoms with van der Waals surface area (Å²) < 4.78 is 0. The van der Waals surface area contributed by atoms with Crippen molar-refractivity contribution in [2.45, 2.75) is 6.92 Å². The number of thiophene rings is 1. The van der Waals surface area contributed by atoms with Crippen LogP contribution in [-0.2, 0) is 4.79 Å². The number of likely N-dealkylation sites (N-methyl/N-ethyl adjacent to an activating group) is 1. The van der Waals surface area contributed by atoms with Crippen molar-refractivity contribution in [2.24, 2.45) is 0 Å². The number of carbonyl (C=O) groups excluding carboxylic acids is 2. The fourth-order valence-corrected chi connectivity index (χ4v) is 2.62. The van der Waals surface area contributed by atoms with Gasteiger partial charge in [-0.3, -0.25) is 19.7 Å². The Morgan fingerprint density at radius 2 is 2.13 bits per heavy atom. The molecule has 0 bridgehead atoms. The highest BCUT2D eigenvalue weighted by atomic mass is 32.1. The molecule has 0 saturated carbocycles. The number of amides is 2. The van der Waals surface area contributed by atoms with Gasteiger partial charge in [0.25, 0.3) is 5.91 Å².